The zero-order chi connectivity index (χ0) is 22.1. The number of aryl methyl sites for hydroxylation is 2. The molecule has 0 unspecified atom stereocenters. The summed E-state index contributed by atoms with van der Waals surface area (Å²) in [4.78, 5) is 19.8. The second-order valence-corrected chi connectivity index (χ2v) is 8.81. The van der Waals surface area contributed by atoms with Crippen molar-refractivity contribution in [2.24, 2.45) is 0 Å². The fourth-order valence-corrected chi connectivity index (χ4v) is 5.11. The van der Waals surface area contributed by atoms with Gasteiger partial charge in [0.15, 0.2) is 0 Å². The molecule has 0 N–H and O–H groups in total. The molecular formula is C26H31N5O. The van der Waals surface area contributed by atoms with Crippen LogP contribution in [0.25, 0.3) is 5.69 Å². The van der Waals surface area contributed by atoms with Gasteiger partial charge >= 0.3 is 0 Å². The van der Waals surface area contributed by atoms with E-state index < -0.39 is 0 Å². The molecule has 0 aliphatic carbocycles. The summed E-state index contributed by atoms with van der Waals surface area (Å²) >= 11 is 0. The lowest BCUT2D eigenvalue weighted by Crippen LogP contribution is -2.51. The van der Waals surface area contributed by atoms with Crippen LogP contribution in [0.5, 0.6) is 0 Å². The summed E-state index contributed by atoms with van der Waals surface area (Å²) in [5, 5.41) is 4.81. The van der Waals surface area contributed by atoms with Gasteiger partial charge in [-0.05, 0) is 50.5 Å². The number of para-hydroxylation sites is 2. The minimum absolute atomic E-state index is 0.217. The number of fused-ring (bicyclic) bond motifs is 1. The van der Waals surface area contributed by atoms with Gasteiger partial charge in [0.1, 0.15) is 0 Å². The highest BCUT2D eigenvalue weighted by Crippen LogP contribution is 2.29. The van der Waals surface area contributed by atoms with Crippen molar-refractivity contribution in [1.82, 2.24) is 14.7 Å². The maximum absolute atomic E-state index is 13.1. The van der Waals surface area contributed by atoms with Gasteiger partial charge in [0.25, 0.3) is 0 Å². The molecular weight excluding hydrogens is 398 g/mol. The predicted octanol–water partition coefficient (Wildman–Crippen LogP) is 3.59. The highest BCUT2D eigenvalue weighted by molar-refractivity contribution is 5.96. The molecule has 2 aliphatic rings. The largest absolute Gasteiger partial charge is 0.366 e. The van der Waals surface area contributed by atoms with Gasteiger partial charge in [0, 0.05) is 38.4 Å². The van der Waals surface area contributed by atoms with Crippen molar-refractivity contribution in [2.75, 3.05) is 49.1 Å². The Morgan fingerprint density at radius 1 is 0.906 bits per heavy atom. The van der Waals surface area contributed by atoms with Crippen LogP contribution in [0.4, 0.5) is 11.4 Å². The van der Waals surface area contributed by atoms with Crippen molar-refractivity contribution in [3.63, 3.8) is 0 Å². The lowest BCUT2D eigenvalue weighted by Gasteiger charge is -2.37. The third-order valence-electron chi connectivity index (χ3n) is 6.71. The van der Waals surface area contributed by atoms with Gasteiger partial charge in [-0.3, -0.25) is 9.69 Å². The van der Waals surface area contributed by atoms with E-state index in [9.17, 15) is 4.79 Å². The maximum atomic E-state index is 13.1. The highest BCUT2D eigenvalue weighted by Gasteiger charge is 2.27. The molecule has 1 saturated heterocycles. The van der Waals surface area contributed by atoms with Crippen molar-refractivity contribution in [2.45, 2.75) is 26.7 Å². The minimum atomic E-state index is 0.217. The van der Waals surface area contributed by atoms with E-state index in [1.807, 2.05) is 33.8 Å². The number of nitrogens with zero attached hydrogens (tertiary/aromatic N) is 5. The molecule has 0 radical (unpaired) electrons. The van der Waals surface area contributed by atoms with E-state index in [1.165, 1.54) is 16.9 Å². The fourth-order valence-electron chi connectivity index (χ4n) is 5.11. The van der Waals surface area contributed by atoms with Gasteiger partial charge in [0.2, 0.25) is 5.91 Å². The van der Waals surface area contributed by atoms with E-state index in [2.05, 4.69) is 54.0 Å². The molecule has 1 fully saturated rings. The number of benzene rings is 2. The number of carbonyl (C=O) groups is 1. The van der Waals surface area contributed by atoms with E-state index in [-0.39, 0.29) is 5.91 Å². The monoisotopic (exact) mass is 429 g/mol. The van der Waals surface area contributed by atoms with Gasteiger partial charge in [-0.15, -0.1) is 0 Å². The molecule has 3 heterocycles. The second kappa shape index (κ2) is 8.79. The van der Waals surface area contributed by atoms with Crippen LogP contribution >= 0.6 is 0 Å². The number of anilines is 2. The lowest BCUT2D eigenvalue weighted by atomic mass is 10.0. The molecule has 0 spiro atoms. The van der Waals surface area contributed by atoms with Crippen LogP contribution in [-0.2, 0) is 11.2 Å². The van der Waals surface area contributed by atoms with Gasteiger partial charge < -0.3 is 9.80 Å². The first kappa shape index (κ1) is 20.8. The molecule has 2 aliphatic heterocycles. The summed E-state index contributed by atoms with van der Waals surface area (Å²) in [6.45, 7) is 9.14. The quantitative estimate of drug-likeness (QED) is 0.636. The second-order valence-electron chi connectivity index (χ2n) is 8.81. The molecule has 6 nitrogen and oxygen atoms in total. The Balaban J connectivity index is 1.24. The van der Waals surface area contributed by atoms with Crippen molar-refractivity contribution in [3.8, 4) is 5.69 Å². The zero-order valence-corrected chi connectivity index (χ0v) is 19.0. The smallest absolute Gasteiger partial charge is 0.241 e. The van der Waals surface area contributed by atoms with E-state index in [0.717, 1.165) is 62.6 Å². The van der Waals surface area contributed by atoms with E-state index >= 15 is 0 Å². The van der Waals surface area contributed by atoms with Crippen LogP contribution in [0.1, 0.15) is 23.4 Å². The van der Waals surface area contributed by atoms with Crippen molar-refractivity contribution in [1.29, 1.82) is 0 Å². The molecule has 0 bridgehead atoms. The van der Waals surface area contributed by atoms with E-state index in [0.29, 0.717) is 6.54 Å². The molecule has 32 heavy (non-hydrogen) atoms. The molecule has 2 aromatic carbocycles. The first-order valence-electron chi connectivity index (χ1n) is 11.6. The average molecular weight is 430 g/mol. The van der Waals surface area contributed by atoms with Gasteiger partial charge in [-0.25, -0.2) is 4.68 Å². The zero-order valence-electron chi connectivity index (χ0n) is 19.0. The van der Waals surface area contributed by atoms with E-state index in [4.69, 9.17) is 5.10 Å². The molecule has 6 heteroatoms. The summed E-state index contributed by atoms with van der Waals surface area (Å²) in [7, 11) is 0. The summed E-state index contributed by atoms with van der Waals surface area (Å²) in [5.41, 5.74) is 6.93. The van der Waals surface area contributed by atoms with Crippen molar-refractivity contribution < 1.29 is 4.79 Å². The summed E-state index contributed by atoms with van der Waals surface area (Å²) in [6.07, 6.45) is 2.11. The number of rotatable bonds is 4. The van der Waals surface area contributed by atoms with Crippen LogP contribution in [0.15, 0.2) is 54.6 Å². The van der Waals surface area contributed by atoms with Crippen LogP contribution in [0, 0.1) is 13.8 Å². The molecule has 5 rings (SSSR count). The van der Waals surface area contributed by atoms with Gasteiger partial charge in [-0.2, -0.15) is 5.10 Å². The Morgan fingerprint density at radius 2 is 1.62 bits per heavy atom. The summed E-state index contributed by atoms with van der Waals surface area (Å²) in [5.74, 6) is 0.217. The number of piperazine rings is 1. The van der Waals surface area contributed by atoms with E-state index in [1.54, 1.807) is 0 Å². The SMILES string of the molecule is Cc1nn(-c2ccccc2)c(C)c1N1CCN(CC(=O)N2CCCc3ccccc32)CC1. The van der Waals surface area contributed by atoms with Crippen molar-refractivity contribution >= 4 is 17.3 Å². The topological polar surface area (TPSA) is 44.6 Å². The first-order chi connectivity index (χ1) is 15.6. The van der Waals surface area contributed by atoms with Gasteiger partial charge in [-0.1, -0.05) is 36.4 Å². The van der Waals surface area contributed by atoms with Crippen molar-refractivity contribution in [3.05, 3.63) is 71.5 Å². The molecule has 3 aromatic rings. The minimum Gasteiger partial charge on any atom is -0.366 e. The third-order valence-corrected chi connectivity index (χ3v) is 6.71. The number of hydrogen-bond donors (Lipinski definition) is 0. The molecule has 0 saturated carbocycles. The Kier molecular flexibility index (Phi) is 5.70. The number of aromatic nitrogens is 2. The summed E-state index contributed by atoms with van der Waals surface area (Å²) in [6, 6.07) is 18.6. The fraction of sp³-hybridized carbons (Fsp3) is 0.385. The number of hydrogen-bond acceptors (Lipinski definition) is 4. The molecule has 1 amide bonds. The third kappa shape index (κ3) is 3.91. The highest BCUT2D eigenvalue weighted by atomic mass is 16.2. The van der Waals surface area contributed by atoms with Crippen LogP contribution < -0.4 is 9.80 Å². The van der Waals surface area contributed by atoms with Gasteiger partial charge in [0.05, 0.1) is 29.3 Å². The number of amides is 1. The van der Waals surface area contributed by atoms with Crippen LogP contribution in [0.3, 0.4) is 0 Å². The molecule has 166 valence electrons. The van der Waals surface area contributed by atoms with Crippen LogP contribution in [0.2, 0.25) is 0 Å². The predicted molar refractivity (Wildman–Crippen MR) is 129 cm³/mol. The Bertz CT molecular complexity index is 1100. The Hall–Kier alpha value is -3.12. The normalized spacial score (nSPS) is 16.8. The number of carbonyl (C=O) groups excluding carboxylic acids is 1. The first-order valence-corrected chi connectivity index (χ1v) is 11.6. The maximum Gasteiger partial charge on any atom is 0.241 e. The standard InChI is InChI=1S/C26H31N5O/c1-20-26(21(2)31(27-20)23-11-4-3-5-12-23)29-17-15-28(16-18-29)19-25(32)30-14-8-10-22-9-6-7-13-24(22)30/h3-7,9,11-13H,8,10,14-19H2,1-2H3. The lowest BCUT2D eigenvalue weighted by molar-refractivity contribution is -0.119. The average Bonchev–Trinajstić information content (AvgIpc) is 3.13. The summed E-state index contributed by atoms with van der Waals surface area (Å²) < 4.78 is 2.04. The molecule has 0 atom stereocenters. The molecule has 1 aromatic heterocycles. The van der Waals surface area contributed by atoms with Crippen LogP contribution in [-0.4, -0.2) is 59.9 Å². The Morgan fingerprint density at radius 3 is 2.41 bits per heavy atom. The Labute approximate surface area is 190 Å².